The van der Waals surface area contributed by atoms with Crippen LogP contribution >= 0.6 is 11.6 Å². The van der Waals surface area contributed by atoms with Crippen LogP contribution in [0.25, 0.3) is 5.69 Å². The van der Waals surface area contributed by atoms with Crippen molar-refractivity contribution in [2.45, 2.75) is 6.54 Å². The number of hydrogen-bond acceptors (Lipinski definition) is 3. The molecule has 0 amide bonds. The van der Waals surface area contributed by atoms with Gasteiger partial charge in [0.2, 0.25) is 6.08 Å². The van der Waals surface area contributed by atoms with Gasteiger partial charge in [0.25, 0.3) is 0 Å². The van der Waals surface area contributed by atoms with Gasteiger partial charge in [-0.3, -0.25) is 0 Å². The number of aromatic nitrogens is 2. The van der Waals surface area contributed by atoms with Crippen LogP contribution < -0.4 is 0 Å². The smallest absolute Gasteiger partial charge is 0.235 e. The fourth-order valence-electron chi connectivity index (χ4n) is 1.38. The molecule has 0 saturated carbocycles. The highest BCUT2D eigenvalue weighted by Crippen LogP contribution is 2.21. The molecule has 0 aliphatic rings. The van der Waals surface area contributed by atoms with Crippen molar-refractivity contribution in [1.29, 1.82) is 0 Å². The van der Waals surface area contributed by atoms with E-state index in [2.05, 4.69) is 9.98 Å². The molecule has 5 heteroatoms. The van der Waals surface area contributed by atoms with Gasteiger partial charge < -0.3 is 4.57 Å². The molecule has 0 bridgehead atoms. The van der Waals surface area contributed by atoms with E-state index in [1.165, 1.54) is 6.08 Å². The topological polar surface area (TPSA) is 47.2 Å². The normalized spacial score (nSPS) is 9.81. The van der Waals surface area contributed by atoms with Gasteiger partial charge in [-0.25, -0.2) is 14.8 Å². The molecule has 1 aromatic carbocycles. The quantitative estimate of drug-likeness (QED) is 0.604. The first-order valence-electron chi connectivity index (χ1n) is 4.61. The average molecular weight is 234 g/mol. The van der Waals surface area contributed by atoms with Gasteiger partial charge in [0.15, 0.2) is 0 Å². The maximum absolute atomic E-state index is 9.98. The van der Waals surface area contributed by atoms with E-state index in [4.69, 9.17) is 11.6 Å². The summed E-state index contributed by atoms with van der Waals surface area (Å²) in [5, 5.41) is 0.594. The Morgan fingerprint density at radius 2 is 2.38 bits per heavy atom. The highest BCUT2D eigenvalue weighted by atomic mass is 35.5. The lowest BCUT2D eigenvalue weighted by atomic mass is 10.2. The molecular formula is C11H8ClN3O. The lowest BCUT2D eigenvalue weighted by Crippen LogP contribution is -1.92. The van der Waals surface area contributed by atoms with Crippen molar-refractivity contribution in [2.24, 2.45) is 4.99 Å². The Hall–Kier alpha value is -1.90. The standard InChI is InChI=1S/C11H8ClN3O/c12-10-5-9(6-14-8-16)1-2-11(10)15-4-3-13-7-15/h1-5,7H,6H2. The summed E-state index contributed by atoms with van der Waals surface area (Å²) in [6.45, 7) is 0.299. The number of halogens is 1. The molecule has 2 aromatic rings. The molecule has 0 aliphatic carbocycles. The molecule has 0 atom stereocenters. The molecule has 0 saturated heterocycles. The third-order valence-electron chi connectivity index (χ3n) is 2.12. The summed E-state index contributed by atoms with van der Waals surface area (Å²) in [5.41, 5.74) is 1.72. The Morgan fingerprint density at radius 1 is 1.50 bits per heavy atom. The van der Waals surface area contributed by atoms with E-state index in [9.17, 15) is 4.79 Å². The summed E-state index contributed by atoms with van der Waals surface area (Å²) >= 11 is 6.11. The van der Waals surface area contributed by atoms with E-state index < -0.39 is 0 Å². The molecule has 0 fully saturated rings. The molecule has 80 valence electrons. The minimum Gasteiger partial charge on any atom is -0.305 e. The number of carbonyl (C=O) groups excluding carboxylic acids is 1. The molecule has 0 unspecified atom stereocenters. The summed E-state index contributed by atoms with van der Waals surface area (Å²) in [6.07, 6.45) is 6.66. The van der Waals surface area contributed by atoms with Crippen LogP contribution in [0.3, 0.4) is 0 Å². The van der Waals surface area contributed by atoms with Crippen molar-refractivity contribution in [3.8, 4) is 5.69 Å². The van der Waals surface area contributed by atoms with Crippen molar-refractivity contribution in [1.82, 2.24) is 9.55 Å². The summed E-state index contributed by atoms with van der Waals surface area (Å²) in [6, 6.07) is 5.50. The Balaban J connectivity index is 2.33. The van der Waals surface area contributed by atoms with E-state index in [1.54, 1.807) is 18.6 Å². The lowest BCUT2D eigenvalue weighted by molar-refractivity contribution is 0.563. The van der Waals surface area contributed by atoms with E-state index in [1.807, 2.05) is 22.9 Å². The van der Waals surface area contributed by atoms with Gasteiger partial charge in [0.05, 0.1) is 23.6 Å². The van der Waals surface area contributed by atoms with Crippen LogP contribution in [-0.4, -0.2) is 15.6 Å². The molecule has 1 aromatic heterocycles. The van der Waals surface area contributed by atoms with Gasteiger partial charge in [-0.15, -0.1) is 0 Å². The molecular weight excluding hydrogens is 226 g/mol. The minimum atomic E-state index is 0.299. The molecule has 1 heterocycles. The zero-order chi connectivity index (χ0) is 11.4. The van der Waals surface area contributed by atoms with Crippen LogP contribution in [0.4, 0.5) is 0 Å². The molecule has 0 radical (unpaired) electrons. The SMILES string of the molecule is O=C=NCc1ccc(-n2ccnc2)c(Cl)c1. The maximum Gasteiger partial charge on any atom is 0.235 e. The number of nitrogens with zero attached hydrogens (tertiary/aromatic N) is 3. The van der Waals surface area contributed by atoms with Gasteiger partial charge >= 0.3 is 0 Å². The van der Waals surface area contributed by atoms with Crippen molar-refractivity contribution in [2.75, 3.05) is 0 Å². The van der Waals surface area contributed by atoms with E-state index in [-0.39, 0.29) is 0 Å². The van der Waals surface area contributed by atoms with Gasteiger partial charge in [-0.2, -0.15) is 0 Å². The second kappa shape index (κ2) is 4.75. The number of hydrogen-bond donors (Lipinski definition) is 0. The first-order valence-corrected chi connectivity index (χ1v) is 4.99. The highest BCUT2D eigenvalue weighted by Gasteiger charge is 2.03. The lowest BCUT2D eigenvalue weighted by Gasteiger charge is -2.05. The van der Waals surface area contributed by atoms with Crippen molar-refractivity contribution in [3.63, 3.8) is 0 Å². The van der Waals surface area contributed by atoms with Crippen molar-refractivity contribution in [3.05, 3.63) is 47.5 Å². The predicted molar refractivity (Wildman–Crippen MR) is 60.4 cm³/mol. The maximum atomic E-state index is 9.98. The molecule has 0 N–H and O–H groups in total. The van der Waals surface area contributed by atoms with Crippen LogP contribution in [0.15, 0.2) is 41.9 Å². The molecule has 0 aliphatic heterocycles. The Bertz CT molecular complexity index is 530. The second-order valence-corrected chi connectivity index (χ2v) is 3.57. The van der Waals surface area contributed by atoms with Crippen molar-refractivity contribution < 1.29 is 4.79 Å². The van der Waals surface area contributed by atoms with Gasteiger partial charge in [-0.1, -0.05) is 17.7 Å². The first-order chi connectivity index (χ1) is 7.81. The zero-order valence-electron chi connectivity index (χ0n) is 8.30. The molecule has 2 rings (SSSR count). The first kappa shape index (κ1) is 10.6. The molecule has 4 nitrogen and oxygen atoms in total. The number of rotatable bonds is 3. The number of isocyanates is 1. The monoisotopic (exact) mass is 233 g/mol. The summed E-state index contributed by atoms with van der Waals surface area (Å²) in [5.74, 6) is 0. The number of aliphatic imine (C=N–C) groups is 1. The largest absolute Gasteiger partial charge is 0.305 e. The minimum absolute atomic E-state index is 0.299. The zero-order valence-corrected chi connectivity index (χ0v) is 9.05. The predicted octanol–water partition coefficient (Wildman–Crippen LogP) is 2.36. The van der Waals surface area contributed by atoms with Crippen LogP contribution in [0.1, 0.15) is 5.56 Å². The fourth-order valence-corrected chi connectivity index (χ4v) is 1.68. The van der Waals surface area contributed by atoms with E-state index in [0.717, 1.165) is 11.3 Å². The van der Waals surface area contributed by atoms with Crippen molar-refractivity contribution >= 4 is 17.7 Å². The van der Waals surface area contributed by atoms with E-state index >= 15 is 0 Å². The van der Waals surface area contributed by atoms with Gasteiger partial charge in [0.1, 0.15) is 0 Å². The fraction of sp³-hybridized carbons (Fsp3) is 0.0909. The van der Waals surface area contributed by atoms with Crippen LogP contribution in [-0.2, 0) is 11.3 Å². The Morgan fingerprint density at radius 3 is 3.00 bits per heavy atom. The average Bonchev–Trinajstić information content (AvgIpc) is 2.80. The Kier molecular flexibility index (Phi) is 3.15. The number of benzene rings is 1. The third kappa shape index (κ3) is 2.19. The van der Waals surface area contributed by atoms with Crippen LogP contribution in [0, 0.1) is 0 Å². The summed E-state index contributed by atoms with van der Waals surface area (Å²) in [4.78, 5) is 17.4. The Labute approximate surface area is 97.2 Å². The number of imidazole rings is 1. The van der Waals surface area contributed by atoms with Gasteiger partial charge in [0, 0.05) is 12.4 Å². The molecule has 16 heavy (non-hydrogen) atoms. The summed E-state index contributed by atoms with van der Waals surface area (Å²) < 4.78 is 1.81. The van der Waals surface area contributed by atoms with Crippen LogP contribution in [0.2, 0.25) is 5.02 Å². The molecule has 0 spiro atoms. The summed E-state index contributed by atoms with van der Waals surface area (Å²) in [7, 11) is 0. The van der Waals surface area contributed by atoms with Gasteiger partial charge in [-0.05, 0) is 17.7 Å². The second-order valence-electron chi connectivity index (χ2n) is 3.16. The third-order valence-corrected chi connectivity index (χ3v) is 2.42. The highest BCUT2D eigenvalue weighted by molar-refractivity contribution is 6.32. The van der Waals surface area contributed by atoms with E-state index in [0.29, 0.717) is 11.6 Å². The van der Waals surface area contributed by atoms with Crippen LogP contribution in [0.5, 0.6) is 0 Å².